The van der Waals surface area contributed by atoms with Crippen molar-refractivity contribution < 1.29 is 4.74 Å². The van der Waals surface area contributed by atoms with Gasteiger partial charge in [-0.1, -0.05) is 12.1 Å². The summed E-state index contributed by atoms with van der Waals surface area (Å²) < 4.78 is 5.17. The fourth-order valence-corrected chi connectivity index (χ4v) is 1.94. The average molecular weight is 240 g/mol. The van der Waals surface area contributed by atoms with E-state index in [1.807, 2.05) is 24.3 Å². The molecule has 18 heavy (non-hydrogen) atoms. The van der Waals surface area contributed by atoms with Gasteiger partial charge in [0.15, 0.2) is 0 Å². The van der Waals surface area contributed by atoms with Crippen LogP contribution in [-0.2, 0) is 0 Å². The molecule has 0 fully saturated rings. The van der Waals surface area contributed by atoms with Crippen LogP contribution in [0.5, 0.6) is 5.75 Å². The van der Waals surface area contributed by atoms with E-state index in [9.17, 15) is 0 Å². The Morgan fingerprint density at radius 3 is 2.28 bits per heavy atom. The number of rotatable bonds is 1. The molecule has 3 aromatic rings. The Kier molecular flexibility index (Phi) is 2.19. The minimum atomic E-state index is 0.398. The molecule has 5 nitrogen and oxygen atoms in total. The van der Waals surface area contributed by atoms with Crippen LogP contribution in [0, 0.1) is 0 Å². The first kappa shape index (κ1) is 10.6. The van der Waals surface area contributed by atoms with Gasteiger partial charge in [-0.3, -0.25) is 0 Å². The van der Waals surface area contributed by atoms with Gasteiger partial charge in [0.1, 0.15) is 11.3 Å². The molecule has 0 saturated carbocycles. The first-order valence-electron chi connectivity index (χ1n) is 5.49. The van der Waals surface area contributed by atoms with Crippen LogP contribution in [-0.4, -0.2) is 17.1 Å². The third kappa shape index (κ3) is 1.41. The van der Waals surface area contributed by atoms with Crippen LogP contribution >= 0.6 is 0 Å². The number of anilines is 2. The fraction of sp³-hybridized carbons (Fsp3) is 0.0769. The van der Waals surface area contributed by atoms with Crippen molar-refractivity contribution in [1.82, 2.24) is 9.97 Å². The summed E-state index contributed by atoms with van der Waals surface area (Å²) in [5, 5.41) is 0. The first-order chi connectivity index (χ1) is 8.70. The number of hydrogen-bond donors (Lipinski definition) is 2. The molecule has 0 bridgehead atoms. The lowest BCUT2D eigenvalue weighted by Crippen LogP contribution is -2.01. The second kappa shape index (κ2) is 3.73. The molecular weight excluding hydrogens is 228 g/mol. The largest absolute Gasteiger partial charge is 0.494 e. The van der Waals surface area contributed by atoms with Crippen molar-refractivity contribution in [1.29, 1.82) is 0 Å². The summed E-state index contributed by atoms with van der Waals surface area (Å²) in [5.74, 6) is 0.518. The van der Waals surface area contributed by atoms with Gasteiger partial charge in [-0.15, -0.1) is 0 Å². The van der Waals surface area contributed by atoms with E-state index in [1.54, 1.807) is 13.2 Å². The third-order valence-corrected chi connectivity index (χ3v) is 2.90. The molecular formula is C13H12N4O. The molecule has 2 aromatic carbocycles. The van der Waals surface area contributed by atoms with E-state index in [-0.39, 0.29) is 0 Å². The number of nitrogen functional groups attached to an aromatic ring is 2. The summed E-state index contributed by atoms with van der Waals surface area (Å²) in [6, 6.07) is 9.37. The summed E-state index contributed by atoms with van der Waals surface area (Å²) in [6.45, 7) is 0. The first-order valence-corrected chi connectivity index (χ1v) is 5.49. The van der Waals surface area contributed by atoms with E-state index in [2.05, 4.69) is 9.97 Å². The van der Waals surface area contributed by atoms with Crippen molar-refractivity contribution >= 4 is 33.4 Å². The maximum atomic E-state index is 5.98. The molecule has 0 atom stereocenters. The van der Waals surface area contributed by atoms with Gasteiger partial charge >= 0.3 is 0 Å². The molecule has 0 aliphatic heterocycles. The molecule has 1 heterocycles. The number of methoxy groups -OCH3 is 1. The lowest BCUT2D eigenvalue weighted by Gasteiger charge is -2.10. The van der Waals surface area contributed by atoms with Gasteiger partial charge in [0.2, 0.25) is 0 Å². The molecule has 3 rings (SSSR count). The Morgan fingerprint density at radius 1 is 0.944 bits per heavy atom. The molecule has 0 amide bonds. The van der Waals surface area contributed by atoms with E-state index in [0.717, 1.165) is 11.0 Å². The molecule has 0 radical (unpaired) electrons. The minimum absolute atomic E-state index is 0.398. The molecule has 1 aromatic heterocycles. The maximum Gasteiger partial charge on any atom is 0.146 e. The van der Waals surface area contributed by atoms with Crippen LogP contribution in [0.1, 0.15) is 0 Å². The molecule has 0 unspecified atom stereocenters. The highest BCUT2D eigenvalue weighted by molar-refractivity contribution is 5.99. The van der Waals surface area contributed by atoms with Crippen molar-refractivity contribution in [2.75, 3.05) is 18.6 Å². The van der Waals surface area contributed by atoms with Crippen molar-refractivity contribution in [3.63, 3.8) is 0 Å². The number of benzene rings is 2. The van der Waals surface area contributed by atoms with Crippen LogP contribution in [0.15, 0.2) is 30.3 Å². The number of hydrogen-bond acceptors (Lipinski definition) is 5. The SMILES string of the molecule is COc1cc2nc3ccccc3nc2c(N)c1N. The van der Waals surface area contributed by atoms with Gasteiger partial charge < -0.3 is 16.2 Å². The standard InChI is InChI=1S/C13H12N4O/c1-18-10-6-9-13(12(15)11(10)14)17-8-5-3-2-4-7(8)16-9/h2-6H,14-15H2,1H3. The van der Waals surface area contributed by atoms with E-state index in [1.165, 1.54) is 0 Å². The molecule has 0 aliphatic rings. The van der Waals surface area contributed by atoms with Crippen molar-refractivity contribution in [3.05, 3.63) is 30.3 Å². The van der Waals surface area contributed by atoms with Crippen LogP contribution in [0.4, 0.5) is 11.4 Å². The quantitative estimate of drug-likeness (QED) is 0.501. The predicted molar refractivity (Wildman–Crippen MR) is 72.4 cm³/mol. The van der Waals surface area contributed by atoms with Crippen LogP contribution in [0.2, 0.25) is 0 Å². The number of nitrogens with zero attached hydrogens (tertiary/aromatic N) is 2. The van der Waals surface area contributed by atoms with E-state index < -0.39 is 0 Å². The molecule has 5 heteroatoms. The van der Waals surface area contributed by atoms with E-state index >= 15 is 0 Å². The summed E-state index contributed by atoms with van der Waals surface area (Å²) in [6.07, 6.45) is 0. The number of aromatic nitrogens is 2. The number of fused-ring (bicyclic) bond motifs is 2. The lowest BCUT2D eigenvalue weighted by atomic mass is 10.2. The monoisotopic (exact) mass is 240 g/mol. The third-order valence-electron chi connectivity index (χ3n) is 2.90. The van der Waals surface area contributed by atoms with Crippen LogP contribution < -0.4 is 16.2 Å². The summed E-state index contributed by atoms with van der Waals surface area (Å²) >= 11 is 0. The van der Waals surface area contributed by atoms with E-state index in [4.69, 9.17) is 16.2 Å². The Labute approximate surface area is 103 Å². The van der Waals surface area contributed by atoms with Gasteiger partial charge in [0, 0.05) is 6.07 Å². The van der Waals surface area contributed by atoms with Crippen LogP contribution in [0.25, 0.3) is 22.1 Å². The Bertz CT molecular complexity index is 755. The zero-order valence-electron chi connectivity index (χ0n) is 9.84. The zero-order valence-corrected chi connectivity index (χ0v) is 9.84. The second-order valence-corrected chi connectivity index (χ2v) is 3.99. The maximum absolute atomic E-state index is 5.98. The van der Waals surface area contributed by atoms with Gasteiger partial charge in [-0.05, 0) is 12.1 Å². The highest BCUT2D eigenvalue weighted by atomic mass is 16.5. The van der Waals surface area contributed by atoms with Gasteiger partial charge in [-0.25, -0.2) is 9.97 Å². The van der Waals surface area contributed by atoms with Crippen molar-refractivity contribution in [2.45, 2.75) is 0 Å². The number of para-hydroxylation sites is 2. The zero-order chi connectivity index (χ0) is 12.7. The number of nitrogens with two attached hydrogens (primary N) is 2. The topological polar surface area (TPSA) is 87.0 Å². The summed E-state index contributed by atoms with van der Waals surface area (Å²) in [7, 11) is 1.55. The highest BCUT2D eigenvalue weighted by Gasteiger charge is 2.11. The summed E-state index contributed by atoms with van der Waals surface area (Å²) in [4.78, 5) is 9.00. The Balaban J connectivity index is 2.46. The normalized spacial score (nSPS) is 10.9. The van der Waals surface area contributed by atoms with Crippen LogP contribution in [0.3, 0.4) is 0 Å². The van der Waals surface area contributed by atoms with Gasteiger partial charge in [0.25, 0.3) is 0 Å². The number of ether oxygens (including phenoxy) is 1. The average Bonchev–Trinajstić information content (AvgIpc) is 2.41. The van der Waals surface area contributed by atoms with Crippen molar-refractivity contribution in [3.8, 4) is 5.75 Å². The van der Waals surface area contributed by atoms with Gasteiger partial charge in [-0.2, -0.15) is 0 Å². The molecule has 0 saturated heterocycles. The van der Waals surface area contributed by atoms with Gasteiger partial charge in [0.05, 0.1) is 35.0 Å². The molecule has 0 aliphatic carbocycles. The molecule has 4 N–H and O–H groups in total. The highest BCUT2D eigenvalue weighted by Crippen LogP contribution is 2.34. The molecule has 0 spiro atoms. The Hall–Kier alpha value is -2.56. The smallest absolute Gasteiger partial charge is 0.146 e. The second-order valence-electron chi connectivity index (χ2n) is 3.99. The lowest BCUT2D eigenvalue weighted by molar-refractivity contribution is 0.417. The van der Waals surface area contributed by atoms with E-state index in [0.29, 0.717) is 28.2 Å². The fourth-order valence-electron chi connectivity index (χ4n) is 1.94. The molecule has 90 valence electrons. The summed E-state index contributed by atoms with van der Waals surface area (Å²) in [5.41, 5.74) is 15.6. The predicted octanol–water partition coefficient (Wildman–Crippen LogP) is 1.96. The van der Waals surface area contributed by atoms with Crippen molar-refractivity contribution in [2.24, 2.45) is 0 Å². The Morgan fingerprint density at radius 2 is 1.61 bits per heavy atom. The minimum Gasteiger partial charge on any atom is -0.494 e.